The van der Waals surface area contributed by atoms with E-state index in [9.17, 15) is 0 Å². The second-order valence-corrected chi connectivity index (χ2v) is 2.99. The van der Waals surface area contributed by atoms with E-state index in [4.69, 9.17) is 5.73 Å². The summed E-state index contributed by atoms with van der Waals surface area (Å²) in [6.45, 7) is 3.58. The molecule has 0 unspecified atom stereocenters. The van der Waals surface area contributed by atoms with Crippen LogP contribution in [0.3, 0.4) is 0 Å². The minimum absolute atomic E-state index is 0.732. The van der Waals surface area contributed by atoms with Crippen LogP contribution in [0, 0.1) is 0 Å². The minimum atomic E-state index is 0.732. The SMILES string of the molecule is C=C/C=C(N)\C=C/Cc1ccccc1. The first-order valence-electron chi connectivity index (χ1n) is 4.61. The Morgan fingerprint density at radius 2 is 2.00 bits per heavy atom. The van der Waals surface area contributed by atoms with E-state index >= 15 is 0 Å². The molecule has 1 aromatic carbocycles. The molecule has 0 aliphatic heterocycles. The maximum atomic E-state index is 5.65. The van der Waals surface area contributed by atoms with Gasteiger partial charge in [0.25, 0.3) is 0 Å². The Morgan fingerprint density at radius 1 is 1.29 bits per heavy atom. The molecule has 2 N–H and O–H groups in total. The third-order valence-electron chi connectivity index (χ3n) is 1.82. The van der Waals surface area contributed by atoms with Crippen LogP contribution in [-0.4, -0.2) is 0 Å². The molecular weight excluding hydrogens is 170 g/mol. The Hall–Kier alpha value is -1.76. The number of allylic oxidation sites excluding steroid dienone is 4. The van der Waals surface area contributed by atoms with E-state index in [0.717, 1.165) is 12.1 Å². The van der Waals surface area contributed by atoms with Crippen molar-refractivity contribution >= 4 is 0 Å². The van der Waals surface area contributed by atoms with Crippen molar-refractivity contribution in [2.24, 2.45) is 5.73 Å². The summed E-state index contributed by atoms with van der Waals surface area (Å²) in [6, 6.07) is 10.3. The van der Waals surface area contributed by atoms with Crippen molar-refractivity contribution in [3.8, 4) is 0 Å². The monoisotopic (exact) mass is 185 g/mol. The second-order valence-electron chi connectivity index (χ2n) is 2.99. The zero-order chi connectivity index (χ0) is 10.2. The van der Waals surface area contributed by atoms with Gasteiger partial charge in [0.05, 0.1) is 0 Å². The normalized spacial score (nSPS) is 11.9. The number of rotatable bonds is 4. The summed E-state index contributed by atoms with van der Waals surface area (Å²) in [5, 5.41) is 0. The Labute approximate surface area is 85.3 Å². The molecule has 0 aliphatic rings. The van der Waals surface area contributed by atoms with Crippen molar-refractivity contribution in [1.82, 2.24) is 0 Å². The number of hydrogen-bond donors (Lipinski definition) is 1. The van der Waals surface area contributed by atoms with Crippen molar-refractivity contribution in [3.05, 3.63) is 72.5 Å². The first-order valence-corrected chi connectivity index (χ1v) is 4.61. The van der Waals surface area contributed by atoms with Crippen molar-refractivity contribution in [2.45, 2.75) is 6.42 Å². The molecule has 1 aromatic rings. The van der Waals surface area contributed by atoms with E-state index in [2.05, 4.69) is 18.7 Å². The molecule has 1 rings (SSSR count). The summed E-state index contributed by atoms with van der Waals surface area (Å²) in [5.74, 6) is 0. The van der Waals surface area contributed by atoms with Gasteiger partial charge in [-0.1, -0.05) is 49.1 Å². The quantitative estimate of drug-likeness (QED) is 0.717. The Balaban J connectivity index is 2.49. The summed E-state index contributed by atoms with van der Waals surface area (Å²) in [5.41, 5.74) is 7.67. The predicted molar refractivity (Wildman–Crippen MR) is 61.8 cm³/mol. The van der Waals surface area contributed by atoms with Crippen LogP contribution in [0.4, 0.5) is 0 Å². The lowest BCUT2D eigenvalue weighted by Crippen LogP contribution is -1.91. The molecule has 0 bridgehead atoms. The molecule has 1 nitrogen and oxygen atoms in total. The van der Waals surface area contributed by atoms with E-state index in [-0.39, 0.29) is 0 Å². The summed E-state index contributed by atoms with van der Waals surface area (Å²) in [7, 11) is 0. The van der Waals surface area contributed by atoms with Gasteiger partial charge in [-0.3, -0.25) is 0 Å². The van der Waals surface area contributed by atoms with Crippen LogP contribution >= 0.6 is 0 Å². The van der Waals surface area contributed by atoms with Gasteiger partial charge in [-0.15, -0.1) is 0 Å². The molecule has 0 saturated carbocycles. The molecule has 0 atom stereocenters. The van der Waals surface area contributed by atoms with Crippen LogP contribution in [0.15, 0.2) is 66.9 Å². The van der Waals surface area contributed by atoms with Gasteiger partial charge in [-0.25, -0.2) is 0 Å². The lowest BCUT2D eigenvalue weighted by atomic mass is 10.1. The van der Waals surface area contributed by atoms with E-state index in [1.807, 2.05) is 30.4 Å². The zero-order valence-corrected chi connectivity index (χ0v) is 8.19. The molecule has 0 aliphatic carbocycles. The predicted octanol–water partition coefficient (Wildman–Crippen LogP) is 2.81. The van der Waals surface area contributed by atoms with Crippen molar-refractivity contribution in [2.75, 3.05) is 0 Å². The van der Waals surface area contributed by atoms with Gasteiger partial charge in [0.1, 0.15) is 0 Å². The van der Waals surface area contributed by atoms with E-state index in [0.29, 0.717) is 0 Å². The van der Waals surface area contributed by atoms with Crippen molar-refractivity contribution < 1.29 is 0 Å². The van der Waals surface area contributed by atoms with Gasteiger partial charge in [0.15, 0.2) is 0 Å². The molecule has 0 radical (unpaired) electrons. The second kappa shape index (κ2) is 5.81. The van der Waals surface area contributed by atoms with Crippen LogP contribution in [0.25, 0.3) is 0 Å². The van der Waals surface area contributed by atoms with Gasteiger partial charge in [0.2, 0.25) is 0 Å². The van der Waals surface area contributed by atoms with Crippen LogP contribution < -0.4 is 5.73 Å². The molecule has 0 amide bonds. The molecule has 0 heterocycles. The maximum absolute atomic E-state index is 5.65. The molecular formula is C13H15N. The molecule has 0 saturated heterocycles. The summed E-state index contributed by atoms with van der Waals surface area (Å²) in [4.78, 5) is 0. The highest BCUT2D eigenvalue weighted by Gasteiger charge is 1.85. The minimum Gasteiger partial charge on any atom is -0.399 e. The molecule has 14 heavy (non-hydrogen) atoms. The van der Waals surface area contributed by atoms with Gasteiger partial charge >= 0.3 is 0 Å². The van der Waals surface area contributed by atoms with Crippen molar-refractivity contribution in [3.63, 3.8) is 0 Å². The average Bonchev–Trinajstić information content (AvgIpc) is 2.20. The van der Waals surface area contributed by atoms with Crippen LogP contribution in [-0.2, 0) is 6.42 Å². The molecule has 0 fully saturated rings. The highest BCUT2D eigenvalue weighted by atomic mass is 14.5. The molecule has 1 heteroatoms. The van der Waals surface area contributed by atoms with Crippen molar-refractivity contribution in [1.29, 1.82) is 0 Å². The van der Waals surface area contributed by atoms with Gasteiger partial charge in [0, 0.05) is 5.70 Å². The Kier molecular flexibility index (Phi) is 4.29. The molecule has 0 aromatic heterocycles. The first kappa shape index (κ1) is 10.3. The van der Waals surface area contributed by atoms with E-state index < -0.39 is 0 Å². The Bertz CT molecular complexity index is 334. The first-order chi connectivity index (χ1) is 6.83. The fraction of sp³-hybridized carbons (Fsp3) is 0.0769. The number of nitrogens with two attached hydrogens (primary N) is 1. The van der Waals surface area contributed by atoms with Gasteiger partial charge in [-0.2, -0.15) is 0 Å². The van der Waals surface area contributed by atoms with Gasteiger partial charge in [-0.05, 0) is 24.1 Å². The fourth-order valence-electron chi connectivity index (χ4n) is 1.14. The molecule has 72 valence electrons. The van der Waals surface area contributed by atoms with Crippen LogP contribution in [0.2, 0.25) is 0 Å². The largest absolute Gasteiger partial charge is 0.399 e. The smallest absolute Gasteiger partial charge is 0.0310 e. The summed E-state index contributed by atoms with van der Waals surface area (Å²) >= 11 is 0. The number of benzene rings is 1. The van der Waals surface area contributed by atoms with Crippen LogP contribution in [0.5, 0.6) is 0 Å². The topological polar surface area (TPSA) is 26.0 Å². The van der Waals surface area contributed by atoms with E-state index in [1.165, 1.54) is 5.56 Å². The number of hydrogen-bond acceptors (Lipinski definition) is 1. The zero-order valence-electron chi connectivity index (χ0n) is 8.19. The summed E-state index contributed by atoms with van der Waals surface area (Å²) in [6.07, 6.45) is 8.32. The highest BCUT2D eigenvalue weighted by Crippen LogP contribution is 2.00. The third kappa shape index (κ3) is 3.76. The fourth-order valence-corrected chi connectivity index (χ4v) is 1.14. The Morgan fingerprint density at radius 3 is 2.64 bits per heavy atom. The highest BCUT2D eigenvalue weighted by molar-refractivity contribution is 5.23. The maximum Gasteiger partial charge on any atom is 0.0310 e. The van der Waals surface area contributed by atoms with Gasteiger partial charge < -0.3 is 5.73 Å². The average molecular weight is 185 g/mol. The third-order valence-corrected chi connectivity index (χ3v) is 1.82. The van der Waals surface area contributed by atoms with E-state index in [1.54, 1.807) is 12.2 Å². The summed E-state index contributed by atoms with van der Waals surface area (Å²) < 4.78 is 0. The lowest BCUT2D eigenvalue weighted by Gasteiger charge is -1.94. The lowest BCUT2D eigenvalue weighted by molar-refractivity contribution is 1.26. The molecule has 0 spiro atoms. The van der Waals surface area contributed by atoms with Crippen LogP contribution in [0.1, 0.15) is 5.56 Å². The standard InChI is InChI=1S/C13H15N/c1-2-7-13(14)11-6-10-12-8-4-3-5-9-12/h2-9,11H,1,10,14H2/b11-6-,13-7+.